The van der Waals surface area contributed by atoms with Crippen molar-refractivity contribution < 1.29 is 18.0 Å². The maximum absolute atomic E-state index is 12.8. The van der Waals surface area contributed by atoms with Gasteiger partial charge in [0.05, 0.1) is 5.56 Å². The average molecular weight is 280 g/mol. The molecule has 3 nitrogen and oxygen atoms in total. The first-order valence-electron chi connectivity index (χ1n) is 5.77. The number of benzene rings is 1. The number of pyridine rings is 1. The molecule has 6 heteroatoms. The summed E-state index contributed by atoms with van der Waals surface area (Å²) in [7, 11) is 0. The maximum Gasteiger partial charge on any atom is 0.416 e. The van der Waals surface area contributed by atoms with Crippen LogP contribution in [0.5, 0.6) is 0 Å². The van der Waals surface area contributed by atoms with E-state index in [4.69, 9.17) is 0 Å². The molecule has 20 heavy (non-hydrogen) atoms. The monoisotopic (exact) mass is 280 g/mol. The normalized spacial score (nSPS) is 11.2. The zero-order valence-electron chi connectivity index (χ0n) is 10.5. The van der Waals surface area contributed by atoms with Crippen molar-refractivity contribution in [3.05, 3.63) is 59.4 Å². The van der Waals surface area contributed by atoms with Crippen molar-refractivity contribution in [1.82, 2.24) is 4.98 Å². The molecule has 2 rings (SSSR count). The van der Waals surface area contributed by atoms with Crippen LogP contribution in [-0.4, -0.2) is 10.9 Å². The van der Waals surface area contributed by atoms with Gasteiger partial charge in [-0.1, -0.05) is 6.07 Å². The number of carbonyl (C=O) groups excluding carboxylic acids is 1. The van der Waals surface area contributed by atoms with Crippen LogP contribution in [0.3, 0.4) is 0 Å². The van der Waals surface area contributed by atoms with Gasteiger partial charge in [-0.05, 0) is 36.8 Å². The number of aryl methyl sites for hydroxylation is 1. The van der Waals surface area contributed by atoms with Crippen LogP contribution < -0.4 is 5.32 Å². The van der Waals surface area contributed by atoms with Gasteiger partial charge in [0.1, 0.15) is 0 Å². The summed E-state index contributed by atoms with van der Waals surface area (Å²) in [5, 5.41) is 2.43. The lowest BCUT2D eigenvalue weighted by Gasteiger charge is -2.12. The highest BCUT2D eigenvalue weighted by molar-refractivity contribution is 6.04. The summed E-state index contributed by atoms with van der Waals surface area (Å²) >= 11 is 0. The second-order valence-corrected chi connectivity index (χ2v) is 4.22. The number of aromatic nitrogens is 1. The second kappa shape index (κ2) is 5.32. The number of amides is 1. The molecule has 0 saturated carbocycles. The minimum absolute atomic E-state index is 0.102. The highest BCUT2D eigenvalue weighted by Crippen LogP contribution is 2.33. The minimum atomic E-state index is -4.44. The predicted molar refractivity (Wildman–Crippen MR) is 68.4 cm³/mol. The van der Waals surface area contributed by atoms with Crippen molar-refractivity contribution in [1.29, 1.82) is 0 Å². The first kappa shape index (κ1) is 14.0. The summed E-state index contributed by atoms with van der Waals surface area (Å²) in [6, 6.07) is 6.64. The number of nitrogens with zero attached hydrogens (tertiary/aromatic N) is 1. The third-order valence-electron chi connectivity index (χ3n) is 2.74. The SMILES string of the molecule is Cc1ccc(NC(=O)c2ccncc2)cc1C(F)(F)F. The smallest absolute Gasteiger partial charge is 0.322 e. The number of hydrogen-bond donors (Lipinski definition) is 1. The van der Waals surface area contributed by atoms with E-state index in [1.165, 1.54) is 43.6 Å². The highest BCUT2D eigenvalue weighted by Gasteiger charge is 2.32. The summed E-state index contributed by atoms with van der Waals surface area (Å²) < 4.78 is 38.3. The van der Waals surface area contributed by atoms with Crippen LogP contribution in [0.15, 0.2) is 42.7 Å². The lowest BCUT2D eigenvalue weighted by atomic mass is 10.1. The van der Waals surface area contributed by atoms with Gasteiger partial charge in [0, 0.05) is 23.6 Å². The van der Waals surface area contributed by atoms with Crippen molar-refractivity contribution in [3.8, 4) is 0 Å². The van der Waals surface area contributed by atoms with Crippen molar-refractivity contribution in [2.45, 2.75) is 13.1 Å². The molecule has 0 saturated heterocycles. The molecular weight excluding hydrogens is 269 g/mol. The number of alkyl halides is 3. The molecule has 0 bridgehead atoms. The van der Waals surface area contributed by atoms with Gasteiger partial charge >= 0.3 is 6.18 Å². The molecule has 0 aliphatic rings. The molecule has 1 aromatic heterocycles. The Morgan fingerprint density at radius 3 is 2.40 bits per heavy atom. The summed E-state index contributed by atoms with van der Waals surface area (Å²) in [6.45, 7) is 1.37. The standard InChI is InChI=1S/C14H11F3N2O/c1-9-2-3-11(8-12(9)14(15,16)17)19-13(20)10-4-6-18-7-5-10/h2-8H,1H3,(H,19,20). The number of halogens is 3. The fraction of sp³-hybridized carbons (Fsp3) is 0.143. The maximum atomic E-state index is 12.8. The van der Waals surface area contributed by atoms with Gasteiger partial charge in [-0.25, -0.2) is 0 Å². The van der Waals surface area contributed by atoms with Gasteiger partial charge in [0.25, 0.3) is 5.91 Å². The summed E-state index contributed by atoms with van der Waals surface area (Å²) in [5.74, 6) is -0.482. The Hall–Kier alpha value is -2.37. The minimum Gasteiger partial charge on any atom is -0.322 e. The molecule has 1 N–H and O–H groups in total. The Kier molecular flexibility index (Phi) is 3.74. The van der Waals surface area contributed by atoms with Crippen LogP contribution in [0.4, 0.5) is 18.9 Å². The lowest BCUT2D eigenvalue weighted by Crippen LogP contribution is -2.14. The van der Waals surface area contributed by atoms with E-state index < -0.39 is 17.6 Å². The number of rotatable bonds is 2. The molecule has 2 aromatic rings. The summed E-state index contributed by atoms with van der Waals surface area (Å²) in [6.07, 6.45) is -1.57. The van der Waals surface area contributed by atoms with Crippen LogP contribution in [-0.2, 0) is 6.18 Å². The zero-order valence-corrected chi connectivity index (χ0v) is 10.5. The largest absolute Gasteiger partial charge is 0.416 e. The van der Waals surface area contributed by atoms with Crippen LogP contribution in [0.25, 0.3) is 0 Å². The van der Waals surface area contributed by atoms with Crippen LogP contribution in [0, 0.1) is 6.92 Å². The predicted octanol–water partition coefficient (Wildman–Crippen LogP) is 3.66. The average Bonchev–Trinajstić information content (AvgIpc) is 2.40. The Balaban J connectivity index is 2.25. The van der Waals surface area contributed by atoms with E-state index in [0.717, 1.165) is 6.07 Å². The van der Waals surface area contributed by atoms with E-state index in [1.54, 1.807) is 0 Å². The number of carbonyl (C=O) groups is 1. The zero-order chi connectivity index (χ0) is 14.8. The van der Waals surface area contributed by atoms with Crippen molar-refractivity contribution >= 4 is 11.6 Å². The second-order valence-electron chi connectivity index (χ2n) is 4.22. The Labute approximate surface area is 113 Å². The van der Waals surface area contributed by atoms with Crippen molar-refractivity contribution in [3.63, 3.8) is 0 Å². The molecule has 0 unspecified atom stereocenters. The van der Waals surface area contributed by atoms with Crippen molar-refractivity contribution in [2.75, 3.05) is 5.32 Å². The summed E-state index contributed by atoms with van der Waals surface area (Å²) in [5.41, 5.74) is -0.219. The molecule has 0 atom stereocenters. The molecule has 1 amide bonds. The Morgan fingerprint density at radius 2 is 1.80 bits per heavy atom. The van der Waals surface area contributed by atoms with Gasteiger partial charge in [-0.2, -0.15) is 13.2 Å². The van der Waals surface area contributed by atoms with Crippen LogP contribution >= 0.6 is 0 Å². The van der Waals surface area contributed by atoms with E-state index in [-0.39, 0.29) is 11.3 Å². The lowest BCUT2D eigenvalue weighted by molar-refractivity contribution is -0.138. The molecule has 0 fully saturated rings. The third-order valence-corrected chi connectivity index (χ3v) is 2.74. The number of anilines is 1. The quantitative estimate of drug-likeness (QED) is 0.912. The van der Waals surface area contributed by atoms with Crippen molar-refractivity contribution in [2.24, 2.45) is 0 Å². The fourth-order valence-electron chi connectivity index (χ4n) is 1.71. The first-order chi connectivity index (χ1) is 9.38. The highest BCUT2D eigenvalue weighted by atomic mass is 19.4. The molecular formula is C14H11F3N2O. The number of nitrogens with one attached hydrogen (secondary N) is 1. The molecule has 0 spiro atoms. The topological polar surface area (TPSA) is 42.0 Å². The number of hydrogen-bond acceptors (Lipinski definition) is 2. The third kappa shape index (κ3) is 3.14. The van der Waals surface area contributed by atoms with Crippen LogP contribution in [0.2, 0.25) is 0 Å². The molecule has 0 aliphatic heterocycles. The Morgan fingerprint density at radius 1 is 1.15 bits per heavy atom. The molecule has 0 aliphatic carbocycles. The molecule has 104 valence electrons. The fourth-order valence-corrected chi connectivity index (χ4v) is 1.71. The van der Waals surface area contributed by atoms with E-state index in [0.29, 0.717) is 5.56 Å². The van der Waals surface area contributed by atoms with E-state index in [2.05, 4.69) is 10.3 Å². The first-order valence-corrected chi connectivity index (χ1v) is 5.77. The molecule has 1 aromatic carbocycles. The molecule has 1 heterocycles. The summed E-state index contributed by atoms with van der Waals surface area (Å²) in [4.78, 5) is 15.6. The Bertz CT molecular complexity index is 624. The van der Waals surface area contributed by atoms with Gasteiger partial charge in [-0.3, -0.25) is 9.78 Å². The van der Waals surface area contributed by atoms with E-state index >= 15 is 0 Å². The van der Waals surface area contributed by atoms with Gasteiger partial charge in [0.2, 0.25) is 0 Å². The van der Waals surface area contributed by atoms with Gasteiger partial charge in [0.15, 0.2) is 0 Å². The van der Waals surface area contributed by atoms with Crippen LogP contribution in [0.1, 0.15) is 21.5 Å². The van der Waals surface area contributed by atoms with Gasteiger partial charge in [-0.15, -0.1) is 0 Å². The van der Waals surface area contributed by atoms with E-state index in [9.17, 15) is 18.0 Å². The van der Waals surface area contributed by atoms with Gasteiger partial charge < -0.3 is 5.32 Å². The van der Waals surface area contributed by atoms with E-state index in [1.807, 2.05) is 0 Å². The molecule has 0 radical (unpaired) electrons.